The molecule has 0 atom stereocenters. The zero-order valence-corrected chi connectivity index (χ0v) is 17.1. The summed E-state index contributed by atoms with van der Waals surface area (Å²) >= 11 is 0. The molecule has 6 heteroatoms. The number of halogens is 1. The highest BCUT2D eigenvalue weighted by Gasteiger charge is 2.25. The molecule has 0 saturated carbocycles. The topological polar surface area (TPSA) is 51.0 Å². The van der Waals surface area contributed by atoms with Gasteiger partial charge in [-0.1, -0.05) is 48.5 Å². The summed E-state index contributed by atoms with van der Waals surface area (Å²) < 4.78 is 15.0. The monoisotopic (exact) mass is 422 g/mol. The molecule has 0 unspecified atom stereocenters. The summed E-state index contributed by atoms with van der Waals surface area (Å²) in [5.41, 5.74) is 3.26. The molecule has 2 heterocycles. The highest BCUT2D eigenvalue weighted by molar-refractivity contribution is 6.15. The summed E-state index contributed by atoms with van der Waals surface area (Å²) in [6, 6.07) is 28.8. The number of para-hydroxylation sites is 2. The van der Waals surface area contributed by atoms with Gasteiger partial charge in [0.1, 0.15) is 5.82 Å². The standard InChI is InChI=1S/C26H19FN4O/c27-20-15-13-19(14-16-20)18-30-25-23(12-7-17-28-25)24(29-30)26(32)31(21-8-3-1-4-9-21)22-10-5-2-6-11-22/h1-17H,18H2. The van der Waals surface area contributed by atoms with E-state index in [0.717, 1.165) is 16.9 Å². The van der Waals surface area contributed by atoms with Crippen molar-refractivity contribution < 1.29 is 9.18 Å². The van der Waals surface area contributed by atoms with Crippen LogP contribution in [-0.2, 0) is 6.54 Å². The average Bonchev–Trinajstić information content (AvgIpc) is 3.20. The Morgan fingerprint density at radius 2 is 1.44 bits per heavy atom. The van der Waals surface area contributed by atoms with Crippen LogP contribution in [0.25, 0.3) is 11.0 Å². The van der Waals surface area contributed by atoms with Gasteiger partial charge in [-0.05, 0) is 54.1 Å². The predicted octanol–water partition coefficient (Wildman–Crippen LogP) is 5.60. The zero-order chi connectivity index (χ0) is 21.9. The van der Waals surface area contributed by atoms with E-state index in [1.54, 1.807) is 34.0 Å². The minimum Gasteiger partial charge on any atom is -0.276 e. The fourth-order valence-electron chi connectivity index (χ4n) is 3.68. The highest BCUT2D eigenvalue weighted by Crippen LogP contribution is 2.29. The second-order valence-corrected chi connectivity index (χ2v) is 7.32. The number of hydrogen-bond acceptors (Lipinski definition) is 3. The Bertz CT molecular complexity index is 1330. The number of hydrogen-bond donors (Lipinski definition) is 0. The largest absolute Gasteiger partial charge is 0.284 e. The zero-order valence-electron chi connectivity index (χ0n) is 17.1. The molecule has 0 aliphatic rings. The SMILES string of the molecule is O=C(c1nn(Cc2ccc(F)cc2)c2ncccc12)N(c1ccccc1)c1ccccc1. The molecule has 2 aromatic heterocycles. The molecule has 0 N–H and O–H groups in total. The lowest BCUT2D eigenvalue weighted by atomic mass is 10.2. The number of aromatic nitrogens is 3. The Kier molecular flexibility index (Phi) is 5.17. The molecular weight excluding hydrogens is 403 g/mol. The predicted molar refractivity (Wildman–Crippen MR) is 122 cm³/mol. The average molecular weight is 422 g/mol. The number of carbonyl (C=O) groups is 1. The van der Waals surface area contributed by atoms with Crippen LogP contribution in [0.5, 0.6) is 0 Å². The minimum atomic E-state index is -0.297. The van der Waals surface area contributed by atoms with Gasteiger partial charge < -0.3 is 0 Å². The number of nitrogens with zero attached hydrogens (tertiary/aromatic N) is 4. The van der Waals surface area contributed by atoms with Gasteiger partial charge in [0.25, 0.3) is 5.91 Å². The van der Waals surface area contributed by atoms with Crippen molar-refractivity contribution in [1.82, 2.24) is 14.8 Å². The van der Waals surface area contributed by atoms with Gasteiger partial charge in [-0.25, -0.2) is 14.1 Å². The van der Waals surface area contributed by atoms with E-state index in [9.17, 15) is 9.18 Å². The van der Waals surface area contributed by atoms with Gasteiger partial charge in [0.05, 0.1) is 11.9 Å². The summed E-state index contributed by atoms with van der Waals surface area (Å²) in [4.78, 5) is 20.0. The Hall–Kier alpha value is -4.32. The molecule has 0 spiro atoms. The van der Waals surface area contributed by atoms with Gasteiger partial charge in [0, 0.05) is 17.6 Å². The first-order chi connectivity index (χ1) is 15.7. The van der Waals surface area contributed by atoms with Crippen molar-refractivity contribution in [3.8, 4) is 0 Å². The fourth-order valence-corrected chi connectivity index (χ4v) is 3.68. The van der Waals surface area contributed by atoms with Gasteiger partial charge in [0.15, 0.2) is 11.3 Å². The maximum absolute atomic E-state index is 13.8. The van der Waals surface area contributed by atoms with Crippen LogP contribution < -0.4 is 4.90 Å². The normalized spacial score (nSPS) is 10.9. The molecule has 32 heavy (non-hydrogen) atoms. The quantitative estimate of drug-likeness (QED) is 0.371. The van der Waals surface area contributed by atoms with Crippen LogP contribution in [0.15, 0.2) is 103 Å². The minimum absolute atomic E-state index is 0.252. The van der Waals surface area contributed by atoms with Crippen LogP contribution in [0.4, 0.5) is 15.8 Å². The van der Waals surface area contributed by atoms with E-state index >= 15 is 0 Å². The van der Waals surface area contributed by atoms with Crippen molar-refractivity contribution in [2.75, 3.05) is 4.90 Å². The molecule has 0 aliphatic heterocycles. The lowest BCUT2D eigenvalue weighted by Crippen LogP contribution is -2.26. The molecule has 0 bridgehead atoms. The number of benzene rings is 3. The van der Waals surface area contributed by atoms with Crippen molar-refractivity contribution >= 4 is 28.3 Å². The molecule has 0 saturated heterocycles. The summed E-state index contributed by atoms with van der Waals surface area (Å²) in [6.45, 7) is 0.373. The van der Waals surface area contributed by atoms with E-state index < -0.39 is 0 Å². The van der Waals surface area contributed by atoms with E-state index in [2.05, 4.69) is 10.1 Å². The summed E-state index contributed by atoms with van der Waals surface area (Å²) in [5, 5.41) is 5.31. The number of carbonyl (C=O) groups excluding carboxylic acids is 1. The van der Waals surface area contributed by atoms with Gasteiger partial charge in [-0.15, -0.1) is 0 Å². The number of amides is 1. The summed E-state index contributed by atoms with van der Waals surface area (Å²) in [7, 11) is 0. The first-order valence-corrected chi connectivity index (χ1v) is 10.2. The molecule has 5 rings (SSSR count). The van der Waals surface area contributed by atoms with Crippen molar-refractivity contribution in [3.63, 3.8) is 0 Å². The van der Waals surface area contributed by atoms with Crippen LogP contribution in [0, 0.1) is 5.82 Å². The van der Waals surface area contributed by atoms with Crippen molar-refractivity contribution in [2.45, 2.75) is 6.54 Å². The molecular formula is C26H19FN4O. The van der Waals surface area contributed by atoms with Crippen molar-refractivity contribution in [2.24, 2.45) is 0 Å². The second-order valence-electron chi connectivity index (χ2n) is 7.32. The summed E-state index contributed by atoms with van der Waals surface area (Å²) in [6.07, 6.45) is 1.67. The van der Waals surface area contributed by atoms with Crippen molar-refractivity contribution in [3.05, 3.63) is 120 Å². The molecule has 5 aromatic rings. The number of anilines is 2. The Labute approximate surface area is 184 Å². The van der Waals surface area contributed by atoms with E-state index in [1.165, 1.54) is 12.1 Å². The number of rotatable bonds is 5. The highest BCUT2D eigenvalue weighted by atomic mass is 19.1. The second kappa shape index (κ2) is 8.43. The molecule has 1 amide bonds. The van der Waals surface area contributed by atoms with Crippen LogP contribution >= 0.6 is 0 Å². The molecule has 156 valence electrons. The van der Waals surface area contributed by atoms with Crippen LogP contribution in [-0.4, -0.2) is 20.7 Å². The van der Waals surface area contributed by atoms with Crippen LogP contribution in [0.1, 0.15) is 16.1 Å². The third-order valence-electron chi connectivity index (χ3n) is 5.19. The number of pyridine rings is 1. The fraction of sp³-hybridized carbons (Fsp3) is 0.0385. The van der Waals surface area contributed by atoms with Gasteiger partial charge >= 0.3 is 0 Å². The lowest BCUT2D eigenvalue weighted by molar-refractivity contribution is 0.0995. The van der Waals surface area contributed by atoms with E-state index in [-0.39, 0.29) is 11.7 Å². The third-order valence-corrected chi connectivity index (χ3v) is 5.19. The molecule has 5 nitrogen and oxygen atoms in total. The van der Waals surface area contributed by atoms with E-state index in [1.807, 2.05) is 66.7 Å². The van der Waals surface area contributed by atoms with Crippen LogP contribution in [0.3, 0.4) is 0 Å². The Morgan fingerprint density at radius 1 is 0.812 bits per heavy atom. The maximum Gasteiger partial charge on any atom is 0.284 e. The van der Waals surface area contributed by atoms with Gasteiger partial charge in [0.2, 0.25) is 0 Å². The first-order valence-electron chi connectivity index (χ1n) is 10.2. The Morgan fingerprint density at radius 3 is 2.06 bits per heavy atom. The lowest BCUT2D eigenvalue weighted by Gasteiger charge is -2.22. The number of fused-ring (bicyclic) bond motifs is 1. The van der Waals surface area contributed by atoms with Crippen molar-refractivity contribution in [1.29, 1.82) is 0 Å². The molecule has 0 radical (unpaired) electrons. The summed E-state index contributed by atoms with van der Waals surface area (Å²) in [5.74, 6) is -0.548. The Balaban J connectivity index is 1.61. The van der Waals surface area contributed by atoms with Gasteiger partial charge in [-0.3, -0.25) is 9.69 Å². The van der Waals surface area contributed by atoms with Crippen LogP contribution in [0.2, 0.25) is 0 Å². The first kappa shape index (κ1) is 19.6. The smallest absolute Gasteiger partial charge is 0.276 e. The van der Waals surface area contributed by atoms with Gasteiger partial charge in [-0.2, -0.15) is 5.10 Å². The maximum atomic E-state index is 13.8. The molecule has 0 fully saturated rings. The molecule has 3 aromatic carbocycles. The van der Waals surface area contributed by atoms with E-state index in [0.29, 0.717) is 23.3 Å². The molecule has 0 aliphatic carbocycles. The third kappa shape index (κ3) is 3.74. The van der Waals surface area contributed by atoms with E-state index in [4.69, 9.17) is 0 Å².